The number of amidine groups is 1. The standard InChI is InChI=1S/C13H16N4/c14-12(15)9-5-6-10-11(7-9)17-13(16-10)8-3-1-2-4-8/h5-8H,1-4H2,(H3,14,15)(H,16,17). The molecule has 0 spiro atoms. The van der Waals surface area contributed by atoms with E-state index in [2.05, 4.69) is 9.97 Å². The van der Waals surface area contributed by atoms with Crippen molar-refractivity contribution in [2.24, 2.45) is 5.73 Å². The van der Waals surface area contributed by atoms with Crippen LogP contribution in [0.25, 0.3) is 11.0 Å². The fourth-order valence-electron chi connectivity index (χ4n) is 2.59. The van der Waals surface area contributed by atoms with Crippen LogP contribution in [0.5, 0.6) is 0 Å². The molecule has 17 heavy (non-hydrogen) atoms. The summed E-state index contributed by atoms with van der Waals surface area (Å²) in [6.07, 6.45) is 5.08. The summed E-state index contributed by atoms with van der Waals surface area (Å²) in [5.74, 6) is 1.78. The van der Waals surface area contributed by atoms with Gasteiger partial charge in [-0.25, -0.2) is 4.98 Å². The molecule has 1 aromatic carbocycles. The van der Waals surface area contributed by atoms with Gasteiger partial charge in [-0.05, 0) is 31.0 Å². The number of nitrogens with zero attached hydrogens (tertiary/aromatic N) is 1. The van der Waals surface area contributed by atoms with Crippen molar-refractivity contribution in [2.75, 3.05) is 0 Å². The predicted octanol–water partition coefficient (Wildman–Crippen LogP) is 2.50. The van der Waals surface area contributed by atoms with Crippen LogP contribution in [0.15, 0.2) is 18.2 Å². The molecule has 1 saturated carbocycles. The van der Waals surface area contributed by atoms with E-state index in [1.807, 2.05) is 18.2 Å². The first-order chi connectivity index (χ1) is 8.24. The number of nitrogens with two attached hydrogens (primary N) is 1. The number of fused-ring (bicyclic) bond motifs is 1. The minimum Gasteiger partial charge on any atom is -0.384 e. The number of aromatic nitrogens is 2. The van der Waals surface area contributed by atoms with E-state index < -0.39 is 0 Å². The van der Waals surface area contributed by atoms with Crippen molar-refractivity contribution in [3.63, 3.8) is 0 Å². The Morgan fingerprint density at radius 2 is 2.12 bits per heavy atom. The number of nitrogens with one attached hydrogen (secondary N) is 2. The van der Waals surface area contributed by atoms with Gasteiger partial charge in [-0.1, -0.05) is 12.8 Å². The number of rotatable bonds is 2. The monoisotopic (exact) mass is 228 g/mol. The molecule has 4 heteroatoms. The van der Waals surface area contributed by atoms with Crippen LogP contribution >= 0.6 is 0 Å². The zero-order valence-electron chi connectivity index (χ0n) is 9.66. The summed E-state index contributed by atoms with van der Waals surface area (Å²) in [5, 5.41) is 7.43. The molecule has 4 nitrogen and oxygen atoms in total. The van der Waals surface area contributed by atoms with E-state index in [4.69, 9.17) is 11.1 Å². The predicted molar refractivity (Wildman–Crippen MR) is 68.3 cm³/mol. The molecule has 88 valence electrons. The van der Waals surface area contributed by atoms with Crippen molar-refractivity contribution < 1.29 is 0 Å². The summed E-state index contributed by atoms with van der Waals surface area (Å²) >= 11 is 0. The second kappa shape index (κ2) is 3.87. The van der Waals surface area contributed by atoms with Crippen LogP contribution in [-0.4, -0.2) is 15.8 Å². The Kier molecular flexibility index (Phi) is 2.35. The Hall–Kier alpha value is -1.84. The maximum absolute atomic E-state index is 7.43. The molecular weight excluding hydrogens is 212 g/mol. The summed E-state index contributed by atoms with van der Waals surface area (Å²) in [5.41, 5.74) is 8.19. The lowest BCUT2D eigenvalue weighted by Crippen LogP contribution is -2.10. The van der Waals surface area contributed by atoms with E-state index in [-0.39, 0.29) is 5.84 Å². The van der Waals surface area contributed by atoms with Gasteiger partial charge in [-0.2, -0.15) is 0 Å². The van der Waals surface area contributed by atoms with Crippen LogP contribution in [0.4, 0.5) is 0 Å². The molecule has 1 heterocycles. The first-order valence-corrected chi connectivity index (χ1v) is 6.08. The zero-order chi connectivity index (χ0) is 11.8. The molecule has 0 atom stereocenters. The lowest BCUT2D eigenvalue weighted by molar-refractivity contribution is 0.681. The molecule has 0 unspecified atom stereocenters. The number of aromatic amines is 1. The van der Waals surface area contributed by atoms with Crippen molar-refractivity contribution >= 4 is 16.9 Å². The molecule has 1 aliphatic rings. The van der Waals surface area contributed by atoms with Crippen molar-refractivity contribution in [1.82, 2.24) is 9.97 Å². The third-order valence-electron chi connectivity index (χ3n) is 3.55. The van der Waals surface area contributed by atoms with Gasteiger partial charge in [0.25, 0.3) is 0 Å². The van der Waals surface area contributed by atoms with Gasteiger partial charge >= 0.3 is 0 Å². The maximum atomic E-state index is 7.43. The van der Waals surface area contributed by atoms with E-state index in [1.165, 1.54) is 25.7 Å². The Morgan fingerprint density at radius 1 is 1.35 bits per heavy atom. The van der Waals surface area contributed by atoms with E-state index in [1.54, 1.807) is 0 Å². The second-order valence-electron chi connectivity index (χ2n) is 4.75. The van der Waals surface area contributed by atoms with Gasteiger partial charge in [-0.15, -0.1) is 0 Å². The fourth-order valence-corrected chi connectivity index (χ4v) is 2.59. The Balaban J connectivity index is 2.03. The van der Waals surface area contributed by atoms with Gasteiger partial charge in [-0.3, -0.25) is 5.41 Å². The summed E-state index contributed by atoms with van der Waals surface area (Å²) in [6.45, 7) is 0. The van der Waals surface area contributed by atoms with Gasteiger partial charge < -0.3 is 10.7 Å². The highest BCUT2D eigenvalue weighted by molar-refractivity contribution is 5.97. The van der Waals surface area contributed by atoms with Gasteiger partial charge in [0.2, 0.25) is 0 Å². The molecular formula is C13H16N4. The minimum absolute atomic E-state index is 0.101. The molecule has 0 bridgehead atoms. The van der Waals surface area contributed by atoms with Crippen LogP contribution in [-0.2, 0) is 0 Å². The molecule has 0 radical (unpaired) electrons. The van der Waals surface area contributed by atoms with Crippen molar-refractivity contribution in [2.45, 2.75) is 31.6 Å². The highest BCUT2D eigenvalue weighted by Crippen LogP contribution is 2.33. The number of hydrogen-bond donors (Lipinski definition) is 3. The molecule has 0 aliphatic heterocycles. The van der Waals surface area contributed by atoms with Crippen LogP contribution in [0, 0.1) is 5.41 Å². The van der Waals surface area contributed by atoms with E-state index in [0.717, 1.165) is 22.4 Å². The Morgan fingerprint density at radius 3 is 2.82 bits per heavy atom. The smallest absolute Gasteiger partial charge is 0.122 e. The van der Waals surface area contributed by atoms with Gasteiger partial charge in [0.15, 0.2) is 0 Å². The van der Waals surface area contributed by atoms with E-state index >= 15 is 0 Å². The van der Waals surface area contributed by atoms with Crippen LogP contribution in [0.1, 0.15) is 43.0 Å². The van der Waals surface area contributed by atoms with E-state index in [9.17, 15) is 0 Å². The van der Waals surface area contributed by atoms with Crippen LogP contribution < -0.4 is 5.73 Å². The molecule has 1 aliphatic carbocycles. The molecule has 1 aromatic heterocycles. The van der Waals surface area contributed by atoms with Crippen molar-refractivity contribution in [1.29, 1.82) is 5.41 Å². The van der Waals surface area contributed by atoms with Crippen molar-refractivity contribution in [3.05, 3.63) is 29.6 Å². The second-order valence-corrected chi connectivity index (χ2v) is 4.75. The number of hydrogen-bond acceptors (Lipinski definition) is 2. The third-order valence-corrected chi connectivity index (χ3v) is 3.55. The van der Waals surface area contributed by atoms with Crippen molar-refractivity contribution in [3.8, 4) is 0 Å². The van der Waals surface area contributed by atoms with Gasteiger partial charge in [0, 0.05) is 11.5 Å². The summed E-state index contributed by atoms with van der Waals surface area (Å²) in [7, 11) is 0. The number of H-pyrrole nitrogens is 1. The fraction of sp³-hybridized carbons (Fsp3) is 0.385. The number of imidazole rings is 1. The van der Waals surface area contributed by atoms with Crippen LogP contribution in [0.2, 0.25) is 0 Å². The normalized spacial score (nSPS) is 16.7. The average Bonchev–Trinajstić information content (AvgIpc) is 2.96. The summed E-state index contributed by atoms with van der Waals surface area (Å²) in [4.78, 5) is 8.00. The first-order valence-electron chi connectivity index (χ1n) is 6.08. The quantitative estimate of drug-likeness (QED) is 0.545. The highest BCUT2D eigenvalue weighted by Gasteiger charge is 2.20. The lowest BCUT2D eigenvalue weighted by atomic mass is 10.1. The lowest BCUT2D eigenvalue weighted by Gasteiger charge is -2.02. The van der Waals surface area contributed by atoms with Crippen LogP contribution in [0.3, 0.4) is 0 Å². The first kappa shape index (κ1) is 10.3. The largest absolute Gasteiger partial charge is 0.384 e. The average molecular weight is 228 g/mol. The molecule has 0 saturated heterocycles. The van der Waals surface area contributed by atoms with E-state index in [0.29, 0.717) is 5.92 Å². The highest BCUT2D eigenvalue weighted by atomic mass is 14.9. The molecule has 1 fully saturated rings. The zero-order valence-corrected chi connectivity index (χ0v) is 9.66. The van der Waals surface area contributed by atoms with Gasteiger partial charge in [0.05, 0.1) is 11.0 Å². The molecule has 3 rings (SSSR count). The SMILES string of the molecule is N=C(N)c1ccc2nc(C3CCCC3)[nH]c2c1. The molecule has 2 aromatic rings. The Bertz CT molecular complexity index is 564. The maximum Gasteiger partial charge on any atom is 0.122 e. The molecule has 4 N–H and O–H groups in total. The topological polar surface area (TPSA) is 78.6 Å². The Labute approximate surface area is 99.8 Å². The third kappa shape index (κ3) is 1.79. The minimum atomic E-state index is 0.101. The number of benzene rings is 1. The summed E-state index contributed by atoms with van der Waals surface area (Å²) < 4.78 is 0. The molecule has 0 amide bonds. The van der Waals surface area contributed by atoms with Gasteiger partial charge in [0.1, 0.15) is 11.7 Å². The number of nitrogen functional groups attached to an aromatic ring is 1. The summed E-state index contributed by atoms with van der Waals surface area (Å²) in [6, 6.07) is 5.69.